The Bertz CT molecular complexity index is 1200. The second kappa shape index (κ2) is 9.67. The molecule has 0 aromatic carbocycles. The predicted octanol–water partition coefficient (Wildman–Crippen LogP) is 6.90. The molecule has 3 unspecified atom stereocenters. The molecule has 4 fully saturated rings. The fourth-order valence-electron chi connectivity index (χ4n) is 10.9. The lowest BCUT2D eigenvalue weighted by Crippen LogP contribution is -2.66. The Hall–Kier alpha value is -2.18. The van der Waals surface area contributed by atoms with E-state index in [2.05, 4.69) is 46.7 Å². The van der Waals surface area contributed by atoms with Crippen LogP contribution < -0.4 is 0 Å². The van der Waals surface area contributed by atoms with Crippen molar-refractivity contribution in [2.24, 2.45) is 55.4 Å². The number of nitrogens with zero attached hydrogens (tertiary/aromatic N) is 1. The van der Waals surface area contributed by atoms with Gasteiger partial charge in [0.25, 0.3) is 0 Å². The summed E-state index contributed by atoms with van der Waals surface area (Å²) in [6, 6.07) is 0. The van der Waals surface area contributed by atoms with Crippen molar-refractivity contribution >= 4 is 23.4 Å². The molecule has 7 nitrogen and oxygen atoms in total. The van der Waals surface area contributed by atoms with Gasteiger partial charge in [-0.25, -0.2) is 4.79 Å². The SMILES string of the molecule is CCOC(=O)COC(=O)[C@@]1(C)CC[C@]2(C)CC[C@]3(C)C(=CC(=O)C4[C@@]5(C)CC/C(=N/O)C(C)(C)C5CC[C@]43C)C2C1. The van der Waals surface area contributed by atoms with Crippen LogP contribution in [0, 0.1) is 50.2 Å². The number of rotatable bonds is 4. The molecular formula is C34H51NO6. The normalized spacial score (nSPS) is 45.9. The largest absolute Gasteiger partial charge is 0.463 e. The lowest BCUT2D eigenvalue weighted by molar-refractivity contribution is -0.178. The van der Waals surface area contributed by atoms with Crippen LogP contribution in [0.2, 0.25) is 0 Å². The molecule has 5 aliphatic rings. The van der Waals surface area contributed by atoms with E-state index in [0.717, 1.165) is 50.7 Å². The number of hydrogen-bond donors (Lipinski definition) is 1. The highest BCUT2D eigenvalue weighted by molar-refractivity contribution is 5.97. The van der Waals surface area contributed by atoms with E-state index in [1.807, 2.05) is 13.0 Å². The van der Waals surface area contributed by atoms with E-state index in [0.29, 0.717) is 12.8 Å². The molecule has 41 heavy (non-hydrogen) atoms. The number of allylic oxidation sites excluding steroid dienone is 2. The van der Waals surface area contributed by atoms with Crippen molar-refractivity contribution in [2.45, 2.75) is 113 Å². The Labute approximate surface area is 245 Å². The maximum atomic E-state index is 14.5. The summed E-state index contributed by atoms with van der Waals surface area (Å²) in [5.74, 6) is -0.327. The predicted molar refractivity (Wildman–Crippen MR) is 156 cm³/mol. The molecule has 0 amide bonds. The third kappa shape index (κ3) is 4.17. The van der Waals surface area contributed by atoms with E-state index in [1.54, 1.807) is 6.92 Å². The summed E-state index contributed by atoms with van der Waals surface area (Å²) in [6.07, 6.45) is 9.91. The molecule has 5 rings (SSSR count). The topological polar surface area (TPSA) is 102 Å². The highest BCUT2D eigenvalue weighted by Crippen LogP contribution is 2.75. The summed E-state index contributed by atoms with van der Waals surface area (Å²) in [5, 5.41) is 13.5. The van der Waals surface area contributed by atoms with Gasteiger partial charge in [0.15, 0.2) is 12.4 Å². The quantitative estimate of drug-likeness (QED) is 0.224. The standard InChI is InChI=1S/C34H51NO6/c1-9-40-26(37)20-41-28(38)31(5)15-14-30(4)16-17-33(7)21(22(30)19-31)18-23(36)27-32(6)12-11-25(35-39)29(2,3)24(32)10-13-34(27,33)8/h18,22,24,27,39H,9-17,19-20H2,1-8H3/b35-25-/t22?,24?,27?,30-,31+,32+,33-,34-/m1/s1. The zero-order valence-electron chi connectivity index (χ0n) is 26.5. The molecule has 0 saturated heterocycles. The molecule has 228 valence electrons. The van der Waals surface area contributed by atoms with Gasteiger partial charge in [0.05, 0.1) is 17.7 Å². The van der Waals surface area contributed by atoms with Gasteiger partial charge in [-0.05, 0) is 111 Å². The molecular weight excluding hydrogens is 518 g/mol. The lowest BCUT2D eigenvalue weighted by atomic mass is 9.33. The van der Waals surface area contributed by atoms with Crippen LogP contribution in [0.3, 0.4) is 0 Å². The summed E-state index contributed by atoms with van der Waals surface area (Å²) in [4.78, 5) is 39.7. The van der Waals surface area contributed by atoms with Gasteiger partial charge < -0.3 is 14.7 Å². The summed E-state index contributed by atoms with van der Waals surface area (Å²) >= 11 is 0. The Balaban J connectivity index is 1.50. The average Bonchev–Trinajstić information content (AvgIpc) is 2.89. The highest BCUT2D eigenvalue weighted by atomic mass is 16.6. The second-order valence-electron chi connectivity index (χ2n) is 15.9. The first-order valence-electron chi connectivity index (χ1n) is 15.8. The van der Waals surface area contributed by atoms with Gasteiger partial charge in [0, 0.05) is 11.3 Å². The van der Waals surface area contributed by atoms with E-state index in [-0.39, 0.29) is 69.8 Å². The van der Waals surface area contributed by atoms with Crippen LogP contribution >= 0.6 is 0 Å². The van der Waals surface area contributed by atoms with Crippen molar-refractivity contribution in [3.05, 3.63) is 11.6 Å². The molecule has 7 heteroatoms. The van der Waals surface area contributed by atoms with Gasteiger partial charge in [-0.15, -0.1) is 0 Å². The van der Waals surface area contributed by atoms with Crippen LogP contribution in [0.5, 0.6) is 0 Å². The third-order valence-corrected chi connectivity index (χ3v) is 13.6. The van der Waals surface area contributed by atoms with Crippen molar-refractivity contribution in [1.82, 2.24) is 0 Å². The van der Waals surface area contributed by atoms with Gasteiger partial charge in [0.1, 0.15) is 0 Å². The molecule has 1 N–H and O–H groups in total. The van der Waals surface area contributed by atoms with Crippen molar-refractivity contribution in [3.63, 3.8) is 0 Å². The lowest BCUT2D eigenvalue weighted by Gasteiger charge is -2.70. The molecule has 4 saturated carbocycles. The zero-order valence-corrected chi connectivity index (χ0v) is 26.5. The smallest absolute Gasteiger partial charge is 0.344 e. The van der Waals surface area contributed by atoms with Crippen LogP contribution in [0.4, 0.5) is 0 Å². The van der Waals surface area contributed by atoms with Crippen molar-refractivity contribution in [3.8, 4) is 0 Å². The molecule has 0 bridgehead atoms. The monoisotopic (exact) mass is 569 g/mol. The van der Waals surface area contributed by atoms with Gasteiger partial charge in [-0.3, -0.25) is 9.59 Å². The average molecular weight is 570 g/mol. The maximum Gasteiger partial charge on any atom is 0.344 e. The summed E-state index contributed by atoms with van der Waals surface area (Å²) in [7, 11) is 0. The highest BCUT2D eigenvalue weighted by Gasteiger charge is 2.70. The van der Waals surface area contributed by atoms with Gasteiger partial charge in [-0.2, -0.15) is 0 Å². The first kappa shape index (κ1) is 30.3. The molecule has 0 heterocycles. The molecule has 0 aromatic heterocycles. The third-order valence-electron chi connectivity index (χ3n) is 13.6. The second-order valence-corrected chi connectivity index (χ2v) is 15.9. The van der Waals surface area contributed by atoms with Crippen molar-refractivity contribution < 1.29 is 29.1 Å². The van der Waals surface area contributed by atoms with Crippen molar-refractivity contribution in [2.75, 3.05) is 13.2 Å². The number of esters is 2. The summed E-state index contributed by atoms with van der Waals surface area (Å²) < 4.78 is 10.4. The van der Waals surface area contributed by atoms with E-state index >= 15 is 0 Å². The first-order valence-corrected chi connectivity index (χ1v) is 15.8. The Morgan fingerprint density at radius 2 is 1.66 bits per heavy atom. The van der Waals surface area contributed by atoms with E-state index in [1.165, 1.54) is 5.57 Å². The van der Waals surface area contributed by atoms with Crippen LogP contribution in [-0.2, 0) is 23.9 Å². The minimum absolute atomic E-state index is 0.0240. The molecule has 0 aliphatic heterocycles. The van der Waals surface area contributed by atoms with Crippen LogP contribution in [0.25, 0.3) is 0 Å². The number of oxime groups is 1. The van der Waals surface area contributed by atoms with Crippen LogP contribution in [0.15, 0.2) is 16.8 Å². The number of fused-ring (bicyclic) bond motifs is 7. The van der Waals surface area contributed by atoms with E-state index in [9.17, 15) is 19.6 Å². The van der Waals surface area contributed by atoms with Crippen LogP contribution in [-0.4, -0.2) is 41.9 Å². The Morgan fingerprint density at radius 3 is 2.32 bits per heavy atom. The fourth-order valence-corrected chi connectivity index (χ4v) is 10.9. The minimum atomic E-state index is -0.715. The molecule has 8 atom stereocenters. The summed E-state index contributed by atoms with van der Waals surface area (Å²) in [6.45, 7) is 17.4. The molecule has 0 spiro atoms. The number of ether oxygens (including phenoxy) is 2. The number of carbonyl (C=O) groups is 3. The van der Waals surface area contributed by atoms with Crippen LogP contribution in [0.1, 0.15) is 113 Å². The fraction of sp³-hybridized carbons (Fsp3) is 0.824. The molecule has 0 radical (unpaired) electrons. The Morgan fingerprint density at radius 1 is 0.976 bits per heavy atom. The minimum Gasteiger partial charge on any atom is -0.463 e. The number of carbonyl (C=O) groups excluding carboxylic acids is 3. The Kier molecular flexibility index (Phi) is 7.14. The summed E-state index contributed by atoms with van der Waals surface area (Å²) in [5.41, 5.74) is 0.645. The molecule has 0 aromatic rings. The van der Waals surface area contributed by atoms with Gasteiger partial charge >= 0.3 is 11.9 Å². The zero-order chi connectivity index (χ0) is 30.2. The van der Waals surface area contributed by atoms with E-state index < -0.39 is 11.4 Å². The van der Waals surface area contributed by atoms with Gasteiger partial charge in [-0.1, -0.05) is 52.3 Å². The number of ketones is 1. The maximum absolute atomic E-state index is 14.5. The number of hydrogen-bond acceptors (Lipinski definition) is 7. The van der Waals surface area contributed by atoms with Gasteiger partial charge in [0.2, 0.25) is 0 Å². The first-order chi connectivity index (χ1) is 19.0. The van der Waals surface area contributed by atoms with E-state index in [4.69, 9.17) is 9.47 Å². The van der Waals surface area contributed by atoms with Crippen molar-refractivity contribution in [1.29, 1.82) is 0 Å². The molecule has 5 aliphatic carbocycles.